The number of benzene rings is 1. The molecule has 0 saturated carbocycles. The second kappa shape index (κ2) is 6.83. The maximum absolute atomic E-state index is 13.9. The molecule has 0 atom stereocenters. The van der Waals surface area contributed by atoms with Crippen molar-refractivity contribution >= 4 is 15.8 Å². The zero-order valence-electron chi connectivity index (χ0n) is 11.9. The van der Waals surface area contributed by atoms with Gasteiger partial charge in [0.1, 0.15) is 5.82 Å². The fraction of sp³-hybridized carbons (Fsp3) is 0.500. The molecule has 0 unspecified atom stereocenters. The van der Waals surface area contributed by atoms with Gasteiger partial charge in [-0.05, 0) is 30.5 Å². The monoisotopic (exact) mass is 302 g/mol. The Labute approximate surface area is 118 Å². The van der Waals surface area contributed by atoms with Crippen LogP contribution in [-0.4, -0.2) is 27.8 Å². The normalized spacial score (nSPS) is 11.4. The first-order valence-electron chi connectivity index (χ1n) is 6.42. The molecular formula is C14H19FO4S. The molecular weight excluding hydrogens is 283 g/mol. The van der Waals surface area contributed by atoms with E-state index in [0.717, 1.165) is 44.8 Å². The second-order valence-corrected chi connectivity index (χ2v) is 6.64. The summed E-state index contributed by atoms with van der Waals surface area (Å²) in [5.41, 5.74) is 0.0540. The molecule has 112 valence electrons. The van der Waals surface area contributed by atoms with Gasteiger partial charge in [0.25, 0.3) is 0 Å². The van der Waals surface area contributed by atoms with Crippen molar-refractivity contribution in [2.75, 3.05) is 13.4 Å². The van der Waals surface area contributed by atoms with Crippen LogP contribution >= 0.6 is 0 Å². The number of carbonyl (C=O) groups excluding carboxylic acids is 1. The van der Waals surface area contributed by atoms with Crippen molar-refractivity contribution in [2.45, 2.75) is 37.5 Å². The van der Waals surface area contributed by atoms with E-state index < -0.39 is 21.6 Å². The molecule has 0 aliphatic carbocycles. The molecule has 0 aromatic heterocycles. The lowest BCUT2D eigenvalue weighted by molar-refractivity contribution is 0.0595. The van der Waals surface area contributed by atoms with Crippen molar-refractivity contribution in [3.8, 4) is 0 Å². The van der Waals surface area contributed by atoms with Crippen LogP contribution in [0.25, 0.3) is 0 Å². The van der Waals surface area contributed by atoms with E-state index in [9.17, 15) is 17.6 Å². The zero-order valence-corrected chi connectivity index (χ0v) is 12.7. The first-order valence-corrected chi connectivity index (χ1v) is 8.31. The minimum Gasteiger partial charge on any atom is -0.465 e. The summed E-state index contributed by atoms with van der Waals surface area (Å²) in [5.74, 6) is -1.64. The summed E-state index contributed by atoms with van der Waals surface area (Å²) in [7, 11) is -2.40. The molecule has 1 aromatic rings. The number of ether oxygens (including phenoxy) is 1. The van der Waals surface area contributed by atoms with Gasteiger partial charge in [-0.25, -0.2) is 17.6 Å². The highest BCUT2D eigenvalue weighted by atomic mass is 32.2. The van der Waals surface area contributed by atoms with Gasteiger partial charge in [0.2, 0.25) is 0 Å². The molecule has 0 bridgehead atoms. The van der Waals surface area contributed by atoms with Crippen molar-refractivity contribution < 1.29 is 22.3 Å². The average Bonchev–Trinajstić information content (AvgIpc) is 2.37. The highest BCUT2D eigenvalue weighted by Crippen LogP contribution is 2.23. The Bertz CT molecular complexity index is 593. The molecule has 1 aromatic carbocycles. The molecule has 0 radical (unpaired) electrons. The predicted octanol–water partition coefficient (Wildman–Crippen LogP) is 2.75. The fourth-order valence-electron chi connectivity index (χ4n) is 1.97. The highest BCUT2D eigenvalue weighted by Gasteiger charge is 2.21. The van der Waals surface area contributed by atoms with Gasteiger partial charge in [-0.1, -0.05) is 19.8 Å². The van der Waals surface area contributed by atoms with Crippen molar-refractivity contribution in [1.82, 2.24) is 0 Å². The number of hydrogen-bond donors (Lipinski definition) is 0. The topological polar surface area (TPSA) is 60.4 Å². The fourth-order valence-corrected chi connectivity index (χ4v) is 2.94. The van der Waals surface area contributed by atoms with Crippen LogP contribution in [0, 0.1) is 5.82 Å². The Hall–Kier alpha value is -1.43. The van der Waals surface area contributed by atoms with Gasteiger partial charge in [-0.2, -0.15) is 0 Å². The number of esters is 1. The number of aryl methyl sites for hydroxylation is 1. The Balaban J connectivity index is 3.30. The second-order valence-electron chi connectivity index (χ2n) is 4.66. The van der Waals surface area contributed by atoms with E-state index in [2.05, 4.69) is 4.74 Å². The Morgan fingerprint density at radius 3 is 2.45 bits per heavy atom. The highest BCUT2D eigenvalue weighted by molar-refractivity contribution is 7.90. The summed E-state index contributed by atoms with van der Waals surface area (Å²) in [6.07, 6.45) is 4.20. The van der Waals surface area contributed by atoms with Crippen LogP contribution in [0.5, 0.6) is 0 Å². The van der Waals surface area contributed by atoms with Crippen LogP contribution < -0.4 is 0 Å². The van der Waals surface area contributed by atoms with Crippen LogP contribution in [0.3, 0.4) is 0 Å². The molecule has 0 spiro atoms. The van der Waals surface area contributed by atoms with Crippen LogP contribution in [0.4, 0.5) is 4.39 Å². The Morgan fingerprint density at radius 2 is 1.95 bits per heavy atom. The summed E-state index contributed by atoms with van der Waals surface area (Å²) < 4.78 is 41.9. The van der Waals surface area contributed by atoms with Crippen molar-refractivity contribution in [3.63, 3.8) is 0 Å². The third-order valence-electron chi connectivity index (χ3n) is 3.00. The molecule has 0 aliphatic rings. The van der Waals surface area contributed by atoms with Crippen LogP contribution in [0.1, 0.15) is 42.1 Å². The molecule has 0 aliphatic heterocycles. The molecule has 0 amide bonds. The maximum Gasteiger partial charge on any atom is 0.340 e. The SMILES string of the molecule is CCCCCc1cc(F)c(C(=O)OC)cc1S(C)(=O)=O. The van der Waals surface area contributed by atoms with E-state index in [1.54, 1.807) is 0 Å². The van der Waals surface area contributed by atoms with Gasteiger partial charge < -0.3 is 4.74 Å². The molecule has 1 rings (SSSR count). The third kappa shape index (κ3) is 4.03. The minimum absolute atomic E-state index is 0.00426. The maximum atomic E-state index is 13.9. The first-order chi connectivity index (χ1) is 9.31. The molecule has 6 heteroatoms. The summed E-state index contributed by atoms with van der Waals surface area (Å²) in [4.78, 5) is 11.4. The summed E-state index contributed by atoms with van der Waals surface area (Å²) in [5, 5.41) is 0. The largest absolute Gasteiger partial charge is 0.465 e. The number of hydrogen-bond acceptors (Lipinski definition) is 4. The predicted molar refractivity (Wildman–Crippen MR) is 74.1 cm³/mol. The number of sulfone groups is 1. The summed E-state index contributed by atoms with van der Waals surface area (Å²) in [6, 6.07) is 2.19. The molecule has 20 heavy (non-hydrogen) atoms. The van der Waals surface area contributed by atoms with E-state index in [4.69, 9.17) is 0 Å². The minimum atomic E-state index is -3.53. The van der Waals surface area contributed by atoms with E-state index in [-0.39, 0.29) is 10.5 Å². The third-order valence-corrected chi connectivity index (χ3v) is 4.18. The molecule has 4 nitrogen and oxygen atoms in total. The molecule has 0 heterocycles. The first kappa shape index (κ1) is 16.6. The van der Waals surface area contributed by atoms with Gasteiger partial charge >= 0.3 is 5.97 Å². The molecule has 0 fully saturated rings. The van der Waals surface area contributed by atoms with Gasteiger partial charge in [0, 0.05) is 6.26 Å². The Morgan fingerprint density at radius 1 is 1.30 bits per heavy atom. The molecule has 0 N–H and O–H groups in total. The van der Waals surface area contributed by atoms with E-state index >= 15 is 0 Å². The Kier molecular flexibility index (Phi) is 5.68. The average molecular weight is 302 g/mol. The van der Waals surface area contributed by atoms with Gasteiger partial charge in [0.05, 0.1) is 17.6 Å². The van der Waals surface area contributed by atoms with E-state index in [0.29, 0.717) is 12.0 Å². The standard InChI is InChI=1S/C14H19FO4S/c1-4-5-6-7-10-8-12(15)11(14(16)19-2)9-13(10)20(3,17)18/h8-9H,4-7H2,1-3H3. The van der Waals surface area contributed by atoms with Crippen molar-refractivity contribution in [2.24, 2.45) is 0 Å². The van der Waals surface area contributed by atoms with Gasteiger partial charge in [-0.3, -0.25) is 0 Å². The smallest absolute Gasteiger partial charge is 0.340 e. The number of unbranched alkanes of at least 4 members (excludes halogenated alkanes) is 2. The van der Waals surface area contributed by atoms with Crippen LogP contribution in [0.15, 0.2) is 17.0 Å². The lowest BCUT2D eigenvalue weighted by Crippen LogP contribution is -2.10. The zero-order chi connectivity index (χ0) is 15.3. The number of methoxy groups -OCH3 is 1. The van der Waals surface area contributed by atoms with Crippen molar-refractivity contribution in [3.05, 3.63) is 29.1 Å². The lowest BCUT2D eigenvalue weighted by Gasteiger charge is -2.11. The van der Waals surface area contributed by atoms with Crippen LogP contribution in [-0.2, 0) is 21.0 Å². The van der Waals surface area contributed by atoms with E-state index in [1.165, 1.54) is 0 Å². The van der Waals surface area contributed by atoms with Crippen molar-refractivity contribution in [1.29, 1.82) is 0 Å². The van der Waals surface area contributed by atoms with Gasteiger partial charge in [0.15, 0.2) is 9.84 Å². The van der Waals surface area contributed by atoms with E-state index in [1.807, 2.05) is 6.92 Å². The lowest BCUT2D eigenvalue weighted by atomic mass is 10.0. The number of halogens is 1. The summed E-state index contributed by atoms with van der Waals surface area (Å²) >= 11 is 0. The summed E-state index contributed by atoms with van der Waals surface area (Å²) in [6.45, 7) is 2.03. The van der Waals surface area contributed by atoms with Gasteiger partial charge in [-0.15, -0.1) is 0 Å². The molecule has 0 saturated heterocycles. The quantitative estimate of drug-likeness (QED) is 0.460. The number of rotatable bonds is 6. The number of carbonyl (C=O) groups is 1. The van der Waals surface area contributed by atoms with Crippen LogP contribution in [0.2, 0.25) is 0 Å².